The fourth-order valence-corrected chi connectivity index (χ4v) is 1.69. The molecule has 0 saturated heterocycles. The van der Waals surface area contributed by atoms with Gasteiger partial charge < -0.3 is 5.32 Å². The van der Waals surface area contributed by atoms with Gasteiger partial charge in [-0.15, -0.1) is 0 Å². The molecule has 2 nitrogen and oxygen atoms in total. The van der Waals surface area contributed by atoms with Crippen molar-refractivity contribution in [1.82, 2.24) is 5.32 Å². The van der Waals surface area contributed by atoms with Crippen LogP contribution in [0.1, 0.15) is 40.2 Å². The number of rotatable bonds is 3. The normalized spacial score (nSPS) is 11.0. The first-order valence-electron chi connectivity index (χ1n) is 5.38. The summed E-state index contributed by atoms with van der Waals surface area (Å²) in [5.41, 5.74) is 2.87. The van der Waals surface area contributed by atoms with Gasteiger partial charge in [0.25, 0.3) is 0 Å². The quantitative estimate of drug-likeness (QED) is 0.830. The molecule has 0 aliphatic rings. The Morgan fingerprint density at radius 3 is 2.50 bits per heavy atom. The Kier molecular flexibility index (Phi) is 3.53. The Morgan fingerprint density at radius 2 is 2.00 bits per heavy atom. The van der Waals surface area contributed by atoms with Gasteiger partial charge in [-0.25, -0.2) is 0 Å². The van der Waals surface area contributed by atoms with Gasteiger partial charge in [0.15, 0.2) is 0 Å². The number of amides is 1. The van der Waals surface area contributed by atoms with E-state index in [4.69, 9.17) is 0 Å². The van der Waals surface area contributed by atoms with Crippen molar-refractivity contribution >= 4 is 11.5 Å². The second-order valence-corrected chi connectivity index (χ2v) is 4.67. The van der Waals surface area contributed by atoms with Crippen LogP contribution in [0.15, 0.2) is 30.8 Å². The number of benzene rings is 1. The lowest BCUT2D eigenvalue weighted by atomic mass is 9.91. The summed E-state index contributed by atoms with van der Waals surface area (Å²) >= 11 is 0. The van der Waals surface area contributed by atoms with Gasteiger partial charge in [0.1, 0.15) is 0 Å². The maximum absolute atomic E-state index is 11.1. The molecule has 0 bridgehead atoms. The molecule has 0 spiro atoms. The van der Waals surface area contributed by atoms with Crippen LogP contribution in [-0.4, -0.2) is 5.91 Å². The van der Waals surface area contributed by atoms with Crippen molar-refractivity contribution in [3.8, 4) is 0 Å². The Morgan fingerprint density at radius 1 is 1.38 bits per heavy atom. The summed E-state index contributed by atoms with van der Waals surface area (Å²) in [6.07, 6.45) is 0. The van der Waals surface area contributed by atoms with Gasteiger partial charge in [-0.05, 0) is 38.0 Å². The molecule has 1 rings (SSSR count). The van der Waals surface area contributed by atoms with E-state index in [2.05, 4.69) is 18.0 Å². The summed E-state index contributed by atoms with van der Waals surface area (Å²) in [6.45, 7) is 11.4. The molecule has 0 unspecified atom stereocenters. The van der Waals surface area contributed by atoms with Crippen molar-refractivity contribution in [2.24, 2.45) is 0 Å². The minimum absolute atomic E-state index is 0. The second kappa shape index (κ2) is 4.52. The minimum Gasteiger partial charge on any atom is -0.347 e. The van der Waals surface area contributed by atoms with Gasteiger partial charge in [0.05, 0.1) is 5.54 Å². The van der Waals surface area contributed by atoms with E-state index in [0.717, 1.165) is 16.7 Å². The van der Waals surface area contributed by atoms with Gasteiger partial charge in [0.2, 0.25) is 5.91 Å². The highest BCUT2D eigenvalue weighted by molar-refractivity contribution is 5.74. The average Bonchev–Trinajstić information content (AvgIpc) is 2.16. The number of nitrogens with one attached hydrogen (secondary N) is 1. The molecule has 0 fully saturated rings. The third kappa shape index (κ3) is 2.96. The summed E-state index contributed by atoms with van der Waals surface area (Å²) in [7, 11) is 0. The molecule has 2 heteroatoms. The van der Waals surface area contributed by atoms with Gasteiger partial charge in [0, 0.05) is 8.35 Å². The molecule has 1 amide bonds. The van der Waals surface area contributed by atoms with E-state index in [-0.39, 0.29) is 12.9 Å². The highest BCUT2D eigenvalue weighted by atomic mass is 16.1. The summed E-state index contributed by atoms with van der Waals surface area (Å²) < 4.78 is 0. The van der Waals surface area contributed by atoms with Crippen LogP contribution in [0.4, 0.5) is 0 Å². The maximum atomic E-state index is 11.1. The molecule has 0 saturated carbocycles. The molecule has 0 aromatic heterocycles. The fourth-order valence-electron chi connectivity index (χ4n) is 1.69. The predicted octanol–water partition coefficient (Wildman–Crippen LogP) is 3.34. The number of hydrogen-bond acceptors (Lipinski definition) is 1. The highest BCUT2D eigenvalue weighted by Crippen LogP contribution is 2.23. The summed E-state index contributed by atoms with van der Waals surface area (Å²) in [4.78, 5) is 11.1. The van der Waals surface area contributed by atoms with Crippen LogP contribution in [0.5, 0.6) is 0 Å². The first kappa shape index (κ1) is 12.5. The zero-order valence-electron chi connectivity index (χ0n) is 10.4. The number of carbonyl (C=O) groups excluding carboxylic acids is 1. The number of allylic oxidation sites excluding steroid dienone is 1. The standard InChI is InChI=1S/C14H19NO.H2/c1-10(2)12-7-6-8-13(9-12)14(4,5)15-11(3)16;/h6-9H,1H2,2-5H3,(H,15,16);1H. The van der Waals surface area contributed by atoms with Crippen molar-refractivity contribution in [1.29, 1.82) is 0 Å². The van der Waals surface area contributed by atoms with E-state index in [1.807, 2.05) is 39.0 Å². The van der Waals surface area contributed by atoms with E-state index in [9.17, 15) is 4.79 Å². The first-order chi connectivity index (χ1) is 7.33. The maximum Gasteiger partial charge on any atom is 0.217 e. The van der Waals surface area contributed by atoms with Crippen LogP contribution >= 0.6 is 0 Å². The number of carbonyl (C=O) groups is 1. The van der Waals surface area contributed by atoms with E-state index >= 15 is 0 Å². The highest BCUT2D eigenvalue weighted by Gasteiger charge is 2.21. The molecule has 0 atom stereocenters. The second-order valence-electron chi connectivity index (χ2n) is 4.67. The van der Waals surface area contributed by atoms with Crippen molar-refractivity contribution in [3.63, 3.8) is 0 Å². The Bertz CT molecular complexity index is 424. The van der Waals surface area contributed by atoms with Crippen LogP contribution in [0.2, 0.25) is 0 Å². The smallest absolute Gasteiger partial charge is 0.217 e. The van der Waals surface area contributed by atoms with Crippen LogP contribution in [-0.2, 0) is 10.3 Å². The average molecular weight is 219 g/mol. The van der Waals surface area contributed by atoms with Crippen molar-refractivity contribution in [3.05, 3.63) is 42.0 Å². The SMILES string of the molecule is C=C(C)c1cccc(C(C)(C)NC(C)=O)c1.[HH]. The van der Waals surface area contributed by atoms with Crippen LogP contribution in [0.25, 0.3) is 5.57 Å². The molecule has 0 aliphatic heterocycles. The molecule has 1 N–H and O–H groups in total. The lowest BCUT2D eigenvalue weighted by Gasteiger charge is -2.26. The molecule has 0 radical (unpaired) electrons. The molecule has 0 heterocycles. The van der Waals surface area contributed by atoms with Crippen molar-refractivity contribution in [2.45, 2.75) is 33.2 Å². The molecular weight excluding hydrogens is 198 g/mol. The largest absolute Gasteiger partial charge is 0.347 e. The third-order valence-corrected chi connectivity index (χ3v) is 2.57. The minimum atomic E-state index is -0.350. The molecule has 1 aromatic carbocycles. The molecule has 16 heavy (non-hydrogen) atoms. The van der Waals surface area contributed by atoms with E-state index in [0.29, 0.717) is 0 Å². The van der Waals surface area contributed by atoms with Gasteiger partial charge >= 0.3 is 0 Å². The van der Waals surface area contributed by atoms with Gasteiger partial charge in [-0.1, -0.05) is 30.4 Å². The molecule has 88 valence electrons. The zero-order chi connectivity index (χ0) is 12.3. The summed E-state index contributed by atoms with van der Waals surface area (Å²) in [6, 6.07) is 8.10. The predicted molar refractivity (Wildman–Crippen MR) is 70.1 cm³/mol. The molecule has 0 aliphatic carbocycles. The Balaban J connectivity index is 0.00000256. The lowest BCUT2D eigenvalue weighted by molar-refractivity contribution is -0.120. The zero-order valence-corrected chi connectivity index (χ0v) is 10.4. The van der Waals surface area contributed by atoms with Crippen LogP contribution in [0.3, 0.4) is 0 Å². The van der Waals surface area contributed by atoms with Crippen molar-refractivity contribution in [2.75, 3.05) is 0 Å². The summed E-state index contributed by atoms with van der Waals surface area (Å²) in [5.74, 6) is -0.0225. The van der Waals surface area contributed by atoms with E-state index in [1.165, 1.54) is 6.92 Å². The van der Waals surface area contributed by atoms with Crippen LogP contribution in [0, 0.1) is 0 Å². The molecular formula is C14H21NO. The topological polar surface area (TPSA) is 29.1 Å². The lowest BCUT2D eigenvalue weighted by Crippen LogP contribution is -2.39. The van der Waals surface area contributed by atoms with Crippen molar-refractivity contribution < 1.29 is 6.22 Å². The number of hydrogen-bond donors (Lipinski definition) is 1. The summed E-state index contributed by atoms with van der Waals surface area (Å²) in [5, 5.41) is 2.93. The van der Waals surface area contributed by atoms with E-state index in [1.54, 1.807) is 0 Å². The van der Waals surface area contributed by atoms with Gasteiger partial charge in [-0.2, -0.15) is 0 Å². The third-order valence-electron chi connectivity index (χ3n) is 2.57. The monoisotopic (exact) mass is 219 g/mol. The Hall–Kier alpha value is -1.57. The molecule has 1 aromatic rings. The van der Waals surface area contributed by atoms with Gasteiger partial charge in [-0.3, -0.25) is 4.79 Å². The fraction of sp³-hybridized carbons (Fsp3) is 0.357. The van der Waals surface area contributed by atoms with Crippen LogP contribution < -0.4 is 5.32 Å². The first-order valence-corrected chi connectivity index (χ1v) is 5.38. The van der Waals surface area contributed by atoms with E-state index < -0.39 is 0 Å². The Labute approximate surface area is 98.9 Å².